The number of amides is 1. The third-order valence-electron chi connectivity index (χ3n) is 2.50. The lowest BCUT2D eigenvalue weighted by Gasteiger charge is -2.11. The molecule has 1 aliphatic heterocycles. The first-order chi connectivity index (χ1) is 8.24. The highest BCUT2D eigenvalue weighted by atomic mass is 35.5. The number of thiophene rings is 1. The van der Waals surface area contributed by atoms with Crippen molar-refractivity contribution in [3.05, 3.63) is 22.4 Å². The maximum Gasteiger partial charge on any atom is 0.410 e. The molecular formula is C10H8ClN3O2S. The van der Waals surface area contributed by atoms with Crippen LogP contribution in [0.4, 0.5) is 4.79 Å². The van der Waals surface area contributed by atoms with Gasteiger partial charge in [-0.25, -0.2) is 14.8 Å². The molecule has 0 aliphatic carbocycles. The smallest absolute Gasteiger partial charge is 0.410 e. The fourth-order valence-electron chi connectivity index (χ4n) is 1.67. The number of ether oxygens (including phenoxy) is 1. The SMILES string of the molecule is O=C1OCCN1Cc1nc(Cl)c2ccsc2n1. The van der Waals surface area contributed by atoms with E-state index in [1.54, 1.807) is 4.90 Å². The minimum atomic E-state index is -0.323. The van der Waals surface area contributed by atoms with Crippen molar-refractivity contribution in [2.75, 3.05) is 13.2 Å². The molecule has 0 spiro atoms. The van der Waals surface area contributed by atoms with Gasteiger partial charge < -0.3 is 4.74 Å². The molecule has 17 heavy (non-hydrogen) atoms. The lowest BCUT2D eigenvalue weighted by atomic mass is 10.4. The number of halogens is 1. The number of cyclic esters (lactones) is 1. The predicted molar refractivity (Wildman–Crippen MR) is 64.2 cm³/mol. The Bertz CT molecular complexity index is 586. The van der Waals surface area contributed by atoms with E-state index in [0.717, 1.165) is 10.2 Å². The summed E-state index contributed by atoms with van der Waals surface area (Å²) in [5.74, 6) is 0.545. The van der Waals surface area contributed by atoms with E-state index in [4.69, 9.17) is 16.3 Å². The summed E-state index contributed by atoms with van der Waals surface area (Å²) in [6, 6.07) is 1.89. The molecule has 0 aromatic carbocycles. The fraction of sp³-hybridized carbons (Fsp3) is 0.300. The molecule has 88 valence electrons. The number of rotatable bonds is 2. The highest BCUT2D eigenvalue weighted by Crippen LogP contribution is 2.25. The highest BCUT2D eigenvalue weighted by molar-refractivity contribution is 7.16. The van der Waals surface area contributed by atoms with E-state index in [1.165, 1.54) is 11.3 Å². The standard InChI is InChI=1S/C10H8ClN3O2S/c11-8-6-1-4-17-9(6)13-7(12-8)5-14-2-3-16-10(14)15/h1,4H,2-3,5H2. The molecule has 0 saturated carbocycles. The predicted octanol–water partition coefficient (Wildman–Crippen LogP) is 2.30. The van der Waals surface area contributed by atoms with Gasteiger partial charge in [-0.2, -0.15) is 0 Å². The number of carbonyl (C=O) groups excluding carboxylic acids is 1. The molecule has 0 bridgehead atoms. The second kappa shape index (κ2) is 4.12. The Hall–Kier alpha value is -1.40. The molecule has 0 N–H and O–H groups in total. The summed E-state index contributed by atoms with van der Waals surface area (Å²) in [6.45, 7) is 1.34. The second-order valence-electron chi connectivity index (χ2n) is 3.61. The summed E-state index contributed by atoms with van der Waals surface area (Å²) >= 11 is 7.55. The van der Waals surface area contributed by atoms with Gasteiger partial charge in [0.25, 0.3) is 0 Å². The van der Waals surface area contributed by atoms with E-state index in [2.05, 4.69) is 9.97 Å². The number of nitrogens with zero attached hydrogens (tertiary/aromatic N) is 3. The van der Waals surface area contributed by atoms with Crippen LogP contribution in [0.5, 0.6) is 0 Å². The zero-order valence-corrected chi connectivity index (χ0v) is 10.3. The number of hydrogen-bond donors (Lipinski definition) is 0. The molecule has 0 atom stereocenters. The molecular weight excluding hydrogens is 262 g/mol. The summed E-state index contributed by atoms with van der Waals surface area (Å²) in [4.78, 5) is 22.2. The summed E-state index contributed by atoms with van der Waals surface area (Å²) < 4.78 is 4.84. The summed E-state index contributed by atoms with van der Waals surface area (Å²) in [5, 5.41) is 3.20. The van der Waals surface area contributed by atoms with Crippen LogP contribution >= 0.6 is 22.9 Å². The van der Waals surface area contributed by atoms with E-state index >= 15 is 0 Å². The Morgan fingerprint density at radius 1 is 1.53 bits per heavy atom. The van der Waals surface area contributed by atoms with Gasteiger partial charge in [0.2, 0.25) is 0 Å². The van der Waals surface area contributed by atoms with Crippen molar-refractivity contribution >= 4 is 39.2 Å². The van der Waals surface area contributed by atoms with E-state index in [9.17, 15) is 4.79 Å². The van der Waals surface area contributed by atoms with Gasteiger partial charge in [-0.3, -0.25) is 4.90 Å². The number of fused-ring (bicyclic) bond motifs is 1. The Kier molecular flexibility index (Phi) is 2.60. The van der Waals surface area contributed by atoms with E-state index in [-0.39, 0.29) is 6.09 Å². The Labute approximate surface area is 106 Å². The van der Waals surface area contributed by atoms with Crippen LogP contribution < -0.4 is 0 Å². The van der Waals surface area contributed by atoms with Crippen LogP contribution in [0.15, 0.2) is 11.4 Å². The van der Waals surface area contributed by atoms with Crippen molar-refractivity contribution in [2.45, 2.75) is 6.54 Å². The summed E-state index contributed by atoms with van der Waals surface area (Å²) in [5.41, 5.74) is 0. The first kappa shape index (κ1) is 10.7. The molecule has 5 nitrogen and oxygen atoms in total. The van der Waals surface area contributed by atoms with Crippen LogP contribution in [0.2, 0.25) is 5.15 Å². The lowest BCUT2D eigenvalue weighted by Crippen LogP contribution is -2.24. The third kappa shape index (κ3) is 1.94. The van der Waals surface area contributed by atoms with Crippen molar-refractivity contribution < 1.29 is 9.53 Å². The fourth-order valence-corrected chi connectivity index (χ4v) is 2.76. The van der Waals surface area contributed by atoms with Gasteiger partial charge in [0, 0.05) is 5.39 Å². The minimum absolute atomic E-state index is 0.323. The maximum absolute atomic E-state index is 11.3. The molecule has 0 radical (unpaired) electrons. The van der Waals surface area contributed by atoms with Gasteiger partial charge in [0.15, 0.2) is 5.82 Å². The zero-order chi connectivity index (χ0) is 11.8. The molecule has 1 fully saturated rings. The van der Waals surface area contributed by atoms with Gasteiger partial charge in [-0.15, -0.1) is 11.3 Å². The van der Waals surface area contributed by atoms with E-state index < -0.39 is 0 Å². The van der Waals surface area contributed by atoms with Crippen molar-refractivity contribution in [3.63, 3.8) is 0 Å². The zero-order valence-electron chi connectivity index (χ0n) is 8.72. The number of aromatic nitrogens is 2. The summed E-state index contributed by atoms with van der Waals surface area (Å²) in [7, 11) is 0. The quantitative estimate of drug-likeness (QED) is 0.785. The Morgan fingerprint density at radius 3 is 3.18 bits per heavy atom. The van der Waals surface area contributed by atoms with Crippen molar-refractivity contribution in [1.82, 2.24) is 14.9 Å². The lowest BCUT2D eigenvalue weighted by molar-refractivity contribution is 0.156. The van der Waals surface area contributed by atoms with Gasteiger partial charge in [-0.05, 0) is 11.4 Å². The molecule has 3 heterocycles. The summed E-state index contributed by atoms with van der Waals surface area (Å²) in [6.07, 6.45) is -0.323. The first-order valence-corrected chi connectivity index (χ1v) is 6.31. The monoisotopic (exact) mass is 269 g/mol. The normalized spacial score (nSPS) is 15.6. The Morgan fingerprint density at radius 2 is 2.41 bits per heavy atom. The maximum atomic E-state index is 11.3. The largest absolute Gasteiger partial charge is 0.448 e. The van der Waals surface area contributed by atoms with Crippen LogP contribution in [0.3, 0.4) is 0 Å². The Balaban J connectivity index is 1.92. The van der Waals surface area contributed by atoms with E-state index in [0.29, 0.717) is 30.7 Å². The van der Waals surface area contributed by atoms with Crippen LogP contribution in [0.1, 0.15) is 5.82 Å². The molecule has 2 aromatic heterocycles. The minimum Gasteiger partial charge on any atom is -0.448 e. The molecule has 2 aromatic rings. The van der Waals surface area contributed by atoms with Gasteiger partial charge in [0.1, 0.15) is 16.6 Å². The molecule has 1 amide bonds. The average molecular weight is 270 g/mol. The molecule has 3 rings (SSSR count). The van der Waals surface area contributed by atoms with Gasteiger partial charge in [-0.1, -0.05) is 11.6 Å². The third-order valence-corrected chi connectivity index (χ3v) is 3.60. The average Bonchev–Trinajstić information content (AvgIpc) is 2.89. The molecule has 0 unspecified atom stereocenters. The van der Waals surface area contributed by atoms with Gasteiger partial charge in [0.05, 0.1) is 13.1 Å². The molecule has 1 aliphatic rings. The number of carbonyl (C=O) groups is 1. The van der Waals surface area contributed by atoms with Crippen LogP contribution in [-0.4, -0.2) is 34.1 Å². The highest BCUT2D eigenvalue weighted by Gasteiger charge is 2.23. The molecule has 7 heteroatoms. The topological polar surface area (TPSA) is 55.3 Å². The van der Waals surface area contributed by atoms with Gasteiger partial charge >= 0.3 is 6.09 Å². The van der Waals surface area contributed by atoms with Crippen LogP contribution in [0.25, 0.3) is 10.2 Å². The molecule has 1 saturated heterocycles. The van der Waals surface area contributed by atoms with Crippen molar-refractivity contribution in [1.29, 1.82) is 0 Å². The van der Waals surface area contributed by atoms with E-state index in [1.807, 2.05) is 11.4 Å². The van der Waals surface area contributed by atoms with Crippen LogP contribution in [-0.2, 0) is 11.3 Å². The van der Waals surface area contributed by atoms with Crippen LogP contribution in [0, 0.1) is 0 Å². The second-order valence-corrected chi connectivity index (χ2v) is 4.86. The van der Waals surface area contributed by atoms with Crippen molar-refractivity contribution in [2.24, 2.45) is 0 Å². The number of hydrogen-bond acceptors (Lipinski definition) is 5. The van der Waals surface area contributed by atoms with Crippen molar-refractivity contribution in [3.8, 4) is 0 Å². The first-order valence-electron chi connectivity index (χ1n) is 5.05.